The first-order chi connectivity index (χ1) is 20.1. The maximum Gasteiger partial charge on any atom is 0.282 e. The van der Waals surface area contributed by atoms with Gasteiger partial charge in [-0.1, -0.05) is 6.07 Å². The van der Waals surface area contributed by atoms with Crippen LogP contribution in [0.4, 0.5) is 17.6 Å². The van der Waals surface area contributed by atoms with Gasteiger partial charge in [-0.05, 0) is 62.2 Å². The molecule has 0 aliphatic carbocycles. The minimum absolute atomic E-state index is 0.107. The van der Waals surface area contributed by atoms with E-state index in [2.05, 4.69) is 20.5 Å². The molecule has 2 aromatic heterocycles. The highest BCUT2D eigenvalue weighted by molar-refractivity contribution is 6.01. The third-order valence-corrected chi connectivity index (χ3v) is 7.88. The number of halogens is 4. The molecule has 6 rings (SSSR count). The lowest BCUT2D eigenvalue weighted by atomic mass is 9.94. The quantitative estimate of drug-likeness (QED) is 0.329. The summed E-state index contributed by atoms with van der Waals surface area (Å²) in [7, 11) is 0. The fraction of sp³-hybridized carbons (Fsp3) is 0.333. The number of carbonyl (C=O) groups excluding carboxylic acids is 2. The van der Waals surface area contributed by atoms with Crippen LogP contribution in [-0.4, -0.2) is 74.4 Å². The van der Waals surface area contributed by atoms with Gasteiger partial charge in [-0.2, -0.15) is 5.10 Å². The lowest BCUT2D eigenvalue weighted by molar-refractivity contribution is -0.172. The number of fused-ring (bicyclic) bond motifs is 1. The number of piperidine rings is 1. The number of hydrogen-bond acceptors (Lipinski definition) is 5. The normalized spacial score (nSPS) is 20.4. The minimum atomic E-state index is -2.94. The number of benzene rings is 2. The van der Waals surface area contributed by atoms with Gasteiger partial charge in [0.2, 0.25) is 5.91 Å². The Morgan fingerprint density at radius 2 is 1.83 bits per heavy atom. The monoisotopic (exact) mass is 580 g/mol. The van der Waals surface area contributed by atoms with Crippen LogP contribution < -0.4 is 5.32 Å². The summed E-state index contributed by atoms with van der Waals surface area (Å²) in [6.45, 7) is 0.378. The van der Waals surface area contributed by atoms with E-state index in [1.165, 1.54) is 6.07 Å². The number of amides is 2. The van der Waals surface area contributed by atoms with Crippen LogP contribution in [0.3, 0.4) is 0 Å². The van der Waals surface area contributed by atoms with Crippen LogP contribution in [0.1, 0.15) is 34.5 Å². The molecule has 2 fully saturated rings. The molecule has 0 bridgehead atoms. The van der Waals surface area contributed by atoms with Crippen molar-refractivity contribution in [1.82, 2.24) is 30.3 Å². The Kier molecular flexibility index (Phi) is 7.17. The summed E-state index contributed by atoms with van der Waals surface area (Å²) < 4.78 is 56.0. The van der Waals surface area contributed by atoms with Crippen molar-refractivity contribution in [2.45, 2.75) is 44.3 Å². The van der Waals surface area contributed by atoms with Gasteiger partial charge < -0.3 is 10.2 Å². The molecule has 2 aromatic carbocycles. The number of hydrogen-bond donors (Lipinski definition) is 2. The second kappa shape index (κ2) is 10.8. The number of aromatic amines is 1. The molecule has 0 unspecified atom stereocenters. The van der Waals surface area contributed by atoms with Gasteiger partial charge in [-0.3, -0.25) is 24.6 Å². The van der Waals surface area contributed by atoms with Crippen LogP contribution in [-0.2, 0) is 11.3 Å². The maximum atomic E-state index is 14.5. The number of carbonyl (C=O) groups is 2. The van der Waals surface area contributed by atoms with E-state index < -0.39 is 48.6 Å². The Morgan fingerprint density at radius 1 is 1.07 bits per heavy atom. The Hall–Kier alpha value is -4.32. The molecule has 0 spiro atoms. The fourth-order valence-corrected chi connectivity index (χ4v) is 5.72. The molecule has 8 nitrogen and oxygen atoms in total. The zero-order chi connectivity index (χ0) is 29.6. The Morgan fingerprint density at radius 3 is 2.55 bits per heavy atom. The van der Waals surface area contributed by atoms with Crippen molar-refractivity contribution >= 4 is 22.7 Å². The van der Waals surface area contributed by atoms with Crippen molar-refractivity contribution in [3.05, 3.63) is 83.2 Å². The van der Waals surface area contributed by atoms with E-state index in [4.69, 9.17) is 0 Å². The van der Waals surface area contributed by atoms with Crippen LogP contribution >= 0.6 is 0 Å². The van der Waals surface area contributed by atoms with Gasteiger partial charge in [0.1, 0.15) is 17.3 Å². The molecule has 2 aliphatic rings. The average molecular weight is 581 g/mol. The van der Waals surface area contributed by atoms with Crippen LogP contribution in [0.2, 0.25) is 0 Å². The van der Waals surface area contributed by atoms with Crippen LogP contribution in [0.25, 0.3) is 22.2 Å². The van der Waals surface area contributed by atoms with Crippen molar-refractivity contribution in [2.75, 3.05) is 19.6 Å². The second-order valence-electron chi connectivity index (χ2n) is 11.0. The predicted molar refractivity (Wildman–Crippen MR) is 147 cm³/mol. The van der Waals surface area contributed by atoms with Gasteiger partial charge in [0.15, 0.2) is 0 Å². The minimum Gasteiger partial charge on any atom is -0.348 e. The summed E-state index contributed by atoms with van der Waals surface area (Å²) in [6, 6.07) is 11.1. The van der Waals surface area contributed by atoms with Crippen molar-refractivity contribution in [3.8, 4) is 11.3 Å². The van der Waals surface area contributed by atoms with E-state index in [1.807, 2.05) is 19.1 Å². The molecule has 2 saturated heterocycles. The molecular weight excluding hydrogens is 552 g/mol. The van der Waals surface area contributed by atoms with Crippen molar-refractivity contribution in [3.63, 3.8) is 0 Å². The lowest BCUT2D eigenvalue weighted by Gasteiger charge is -2.45. The highest BCUT2D eigenvalue weighted by Crippen LogP contribution is 2.31. The van der Waals surface area contributed by atoms with Gasteiger partial charge >= 0.3 is 0 Å². The highest BCUT2D eigenvalue weighted by Gasteiger charge is 2.49. The molecular formula is C30H28F4N6O2. The topological polar surface area (TPSA) is 94.2 Å². The molecule has 2 aliphatic heterocycles. The predicted octanol–water partition coefficient (Wildman–Crippen LogP) is 4.45. The standard InChI is InChI=1S/C30H28F4N6O2/c1-17-11-18(9-10-35-17)27-21-12-19(5-7-25(21)37-38-27)28(41)36-20-6-8-26(29(42)40-15-30(33,34)16-40)39(13-20)14-22-23(31)3-2-4-24(22)32/h2-5,7,9-12,20,26H,6,8,13-16H2,1H3,(H,36,41)(H,37,38)/t20-,26+/m1/s1. The number of aryl methyl sites for hydroxylation is 1. The molecule has 4 aromatic rings. The zero-order valence-electron chi connectivity index (χ0n) is 22.7. The largest absolute Gasteiger partial charge is 0.348 e. The van der Waals surface area contributed by atoms with Crippen molar-refractivity contribution < 1.29 is 27.2 Å². The smallest absolute Gasteiger partial charge is 0.282 e. The number of nitrogens with one attached hydrogen (secondary N) is 2. The number of rotatable bonds is 6. The van der Waals surface area contributed by atoms with Gasteiger partial charge in [-0.25, -0.2) is 17.6 Å². The summed E-state index contributed by atoms with van der Waals surface area (Å²) in [5, 5.41) is 11.1. The van der Waals surface area contributed by atoms with Crippen molar-refractivity contribution in [2.24, 2.45) is 0 Å². The molecule has 42 heavy (non-hydrogen) atoms. The van der Waals surface area contributed by atoms with Gasteiger partial charge in [0, 0.05) is 53.1 Å². The Bertz CT molecular complexity index is 1650. The van der Waals surface area contributed by atoms with Gasteiger partial charge in [0.25, 0.3) is 11.8 Å². The number of aromatic nitrogens is 3. The number of alkyl halides is 2. The Balaban J connectivity index is 1.21. The highest BCUT2D eigenvalue weighted by atomic mass is 19.3. The van der Waals surface area contributed by atoms with Gasteiger partial charge in [0.05, 0.1) is 24.6 Å². The van der Waals surface area contributed by atoms with Crippen LogP contribution in [0.15, 0.2) is 54.7 Å². The number of H-pyrrole nitrogens is 1. The second-order valence-corrected chi connectivity index (χ2v) is 11.0. The van der Waals surface area contributed by atoms with Gasteiger partial charge in [-0.15, -0.1) is 0 Å². The molecule has 0 saturated carbocycles. The summed E-state index contributed by atoms with van der Waals surface area (Å²) >= 11 is 0. The average Bonchev–Trinajstić information content (AvgIpc) is 3.37. The van der Waals surface area contributed by atoms with E-state index in [0.717, 1.165) is 39.2 Å². The van der Waals surface area contributed by atoms with E-state index >= 15 is 0 Å². The molecule has 2 N–H and O–H groups in total. The molecule has 12 heteroatoms. The third-order valence-electron chi connectivity index (χ3n) is 7.88. The number of likely N-dealkylation sites (tertiary alicyclic amines) is 2. The van der Waals surface area contributed by atoms with Crippen LogP contribution in [0, 0.1) is 18.6 Å². The third kappa shape index (κ3) is 5.46. The Labute approximate surface area is 238 Å². The number of pyridine rings is 1. The molecule has 0 radical (unpaired) electrons. The zero-order valence-corrected chi connectivity index (χ0v) is 22.7. The molecule has 2 atom stereocenters. The molecule has 218 valence electrons. The van der Waals surface area contributed by atoms with Crippen molar-refractivity contribution in [1.29, 1.82) is 0 Å². The first-order valence-corrected chi connectivity index (χ1v) is 13.6. The fourth-order valence-electron chi connectivity index (χ4n) is 5.72. The SMILES string of the molecule is Cc1cc(-c2n[nH]c3ccc(C(=O)N[C@@H]4CC[C@@H](C(=O)N5CC(F)(F)C5)N(Cc5c(F)cccc5F)C4)cc23)ccn1. The van der Waals surface area contributed by atoms with E-state index in [9.17, 15) is 27.2 Å². The molecule has 2 amide bonds. The first kappa shape index (κ1) is 27.8. The lowest BCUT2D eigenvalue weighted by Crippen LogP contribution is -2.64. The summed E-state index contributed by atoms with van der Waals surface area (Å²) in [6.07, 6.45) is 2.31. The summed E-state index contributed by atoms with van der Waals surface area (Å²) in [5.74, 6) is -5.33. The van der Waals surface area contributed by atoms with E-state index in [1.54, 1.807) is 29.3 Å². The summed E-state index contributed by atoms with van der Waals surface area (Å²) in [4.78, 5) is 33.3. The van der Waals surface area contributed by atoms with E-state index in [-0.39, 0.29) is 31.0 Å². The van der Waals surface area contributed by atoms with E-state index in [0.29, 0.717) is 17.7 Å². The molecule has 4 heterocycles. The maximum absolute atomic E-state index is 14.5. The first-order valence-electron chi connectivity index (χ1n) is 13.6. The summed E-state index contributed by atoms with van der Waals surface area (Å²) in [5.41, 5.74) is 3.28. The van der Waals surface area contributed by atoms with Crippen LogP contribution in [0.5, 0.6) is 0 Å². The number of nitrogens with zero attached hydrogens (tertiary/aromatic N) is 4.